The SMILES string of the molecule is CC(=NCCN=C(C)C1=C(O)C(C)(C)NC1=O)C1=C(O)C(C)(C)NC1=O.[Cu]. The summed E-state index contributed by atoms with van der Waals surface area (Å²) in [6.07, 6.45) is 0. The molecule has 0 saturated heterocycles. The van der Waals surface area contributed by atoms with Crippen molar-refractivity contribution >= 4 is 23.2 Å². The Bertz CT molecular complexity index is 725. The molecule has 4 N–H and O–H groups in total. The molecule has 153 valence electrons. The summed E-state index contributed by atoms with van der Waals surface area (Å²) in [4.78, 5) is 32.5. The molecule has 0 aromatic carbocycles. The predicted molar refractivity (Wildman–Crippen MR) is 99.7 cm³/mol. The molecular weight excluding hydrogens is 400 g/mol. The van der Waals surface area contributed by atoms with Crippen LogP contribution in [-0.2, 0) is 26.7 Å². The van der Waals surface area contributed by atoms with Crippen LogP contribution in [0.15, 0.2) is 32.6 Å². The van der Waals surface area contributed by atoms with Gasteiger partial charge in [-0.1, -0.05) is 0 Å². The largest absolute Gasteiger partial charge is 0.509 e. The van der Waals surface area contributed by atoms with E-state index in [0.29, 0.717) is 11.4 Å². The molecule has 2 amide bonds. The molecule has 1 radical (unpaired) electrons. The van der Waals surface area contributed by atoms with Gasteiger partial charge in [0.05, 0.1) is 35.3 Å². The van der Waals surface area contributed by atoms with Crippen LogP contribution >= 0.6 is 0 Å². The van der Waals surface area contributed by atoms with Gasteiger partial charge >= 0.3 is 0 Å². The molecule has 2 aliphatic heterocycles. The van der Waals surface area contributed by atoms with E-state index in [1.165, 1.54) is 0 Å². The second-order valence-corrected chi connectivity index (χ2v) is 7.54. The fourth-order valence-electron chi connectivity index (χ4n) is 2.92. The van der Waals surface area contributed by atoms with Gasteiger partial charge in [-0.3, -0.25) is 19.6 Å². The van der Waals surface area contributed by atoms with Crippen molar-refractivity contribution in [2.75, 3.05) is 13.1 Å². The fraction of sp³-hybridized carbons (Fsp3) is 0.556. The van der Waals surface area contributed by atoms with Gasteiger partial charge in [0.15, 0.2) is 0 Å². The van der Waals surface area contributed by atoms with E-state index >= 15 is 0 Å². The van der Waals surface area contributed by atoms with E-state index < -0.39 is 11.1 Å². The first-order valence-electron chi connectivity index (χ1n) is 8.44. The zero-order valence-corrected chi connectivity index (χ0v) is 17.3. The number of nitrogens with zero attached hydrogens (tertiary/aromatic N) is 2. The average Bonchev–Trinajstić information content (AvgIpc) is 2.83. The number of rotatable bonds is 5. The van der Waals surface area contributed by atoms with Crippen LogP contribution in [0.25, 0.3) is 0 Å². The standard InChI is InChI=1S/C18H26N4O4.Cu/c1-9(11-13(23)17(3,4)21-15(11)25)19-7-8-20-10(2)12-14(24)18(5,6)22-16(12)26;/h23-24H,7-8H2,1-6H3,(H,21,25)(H,22,26);. The minimum Gasteiger partial charge on any atom is -0.509 e. The van der Waals surface area contributed by atoms with Gasteiger partial charge in [-0.25, -0.2) is 0 Å². The van der Waals surface area contributed by atoms with Crippen LogP contribution in [0.4, 0.5) is 0 Å². The van der Waals surface area contributed by atoms with E-state index in [1.807, 2.05) is 0 Å². The molecule has 0 spiro atoms. The Morgan fingerprint density at radius 2 is 1.11 bits per heavy atom. The van der Waals surface area contributed by atoms with Crippen molar-refractivity contribution in [2.45, 2.75) is 52.6 Å². The van der Waals surface area contributed by atoms with Crippen molar-refractivity contribution in [3.8, 4) is 0 Å². The summed E-state index contributed by atoms with van der Waals surface area (Å²) < 4.78 is 0. The molecule has 0 aromatic rings. The summed E-state index contributed by atoms with van der Waals surface area (Å²) >= 11 is 0. The van der Waals surface area contributed by atoms with Gasteiger partial charge in [-0.05, 0) is 41.5 Å². The molecule has 0 bridgehead atoms. The summed E-state index contributed by atoms with van der Waals surface area (Å²) in [6, 6.07) is 0. The van der Waals surface area contributed by atoms with Gasteiger partial charge in [0.2, 0.25) is 0 Å². The number of aliphatic hydroxyl groups is 2. The summed E-state index contributed by atoms with van der Waals surface area (Å²) in [5.41, 5.74) is -0.365. The fourth-order valence-corrected chi connectivity index (χ4v) is 2.92. The Kier molecular flexibility index (Phi) is 6.67. The monoisotopic (exact) mass is 425 g/mol. The van der Waals surface area contributed by atoms with E-state index in [0.717, 1.165) is 0 Å². The Morgan fingerprint density at radius 3 is 1.33 bits per heavy atom. The van der Waals surface area contributed by atoms with Crippen LogP contribution in [0, 0.1) is 0 Å². The molecule has 0 unspecified atom stereocenters. The second-order valence-electron chi connectivity index (χ2n) is 7.54. The van der Waals surface area contributed by atoms with Gasteiger partial charge in [-0.2, -0.15) is 0 Å². The first-order chi connectivity index (χ1) is 11.9. The number of aliphatic hydroxyl groups excluding tert-OH is 2. The molecule has 9 heteroatoms. The molecule has 0 fully saturated rings. The molecule has 0 aromatic heterocycles. The van der Waals surface area contributed by atoms with E-state index in [1.54, 1.807) is 41.5 Å². The number of carbonyl (C=O) groups is 2. The quantitative estimate of drug-likeness (QED) is 0.301. The predicted octanol–water partition coefficient (Wildman–Crippen LogP) is 1.35. The van der Waals surface area contributed by atoms with E-state index in [9.17, 15) is 19.8 Å². The first-order valence-corrected chi connectivity index (χ1v) is 8.44. The maximum Gasteiger partial charge on any atom is 0.257 e. The van der Waals surface area contributed by atoms with Crippen LogP contribution in [0.1, 0.15) is 41.5 Å². The summed E-state index contributed by atoms with van der Waals surface area (Å²) in [5, 5.41) is 25.7. The van der Waals surface area contributed by atoms with Gasteiger partial charge in [-0.15, -0.1) is 0 Å². The minimum atomic E-state index is -0.801. The van der Waals surface area contributed by atoms with Crippen LogP contribution in [0.2, 0.25) is 0 Å². The van der Waals surface area contributed by atoms with Crippen molar-refractivity contribution in [3.05, 3.63) is 22.7 Å². The Morgan fingerprint density at radius 1 is 0.815 bits per heavy atom. The molecule has 2 rings (SSSR count). The molecule has 0 atom stereocenters. The third-order valence-corrected chi connectivity index (χ3v) is 4.49. The molecule has 8 nitrogen and oxygen atoms in total. The maximum absolute atomic E-state index is 12.0. The topological polar surface area (TPSA) is 123 Å². The van der Waals surface area contributed by atoms with Crippen LogP contribution in [0.5, 0.6) is 0 Å². The van der Waals surface area contributed by atoms with Crippen molar-refractivity contribution in [1.29, 1.82) is 0 Å². The number of amides is 2. The van der Waals surface area contributed by atoms with Crippen molar-refractivity contribution in [3.63, 3.8) is 0 Å². The van der Waals surface area contributed by atoms with E-state index in [-0.39, 0.29) is 64.6 Å². The first kappa shape index (κ1) is 22.9. The number of aliphatic imine (C=N–C) groups is 2. The third-order valence-electron chi connectivity index (χ3n) is 4.49. The number of hydrogen-bond acceptors (Lipinski definition) is 6. The Balaban J connectivity index is 0.00000364. The van der Waals surface area contributed by atoms with Gasteiger partial charge < -0.3 is 20.8 Å². The zero-order valence-electron chi connectivity index (χ0n) is 16.3. The van der Waals surface area contributed by atoms with E-state index in [4.69, 9.17) is 0 Å². The van der Waals surface area contributed by atoms with Crippen molar-refractivity contribution in [1.82, 2.24) is 10.6 Å². The zero-order chi connectivity index (χ0) is 19.9. The van der Waals surface area contributed by atoms with Gasteiger partial charge in [0.1, 0.15) is 11.5 Å². The summed E-state index contributed by atoms with van der Waals surface area (Å²) in [6.45, 7) is 10.7. The number of hydrogen-bond donors (Lipinski definition) is 4. The number of nitrogens with one attached hydrogen (secondary N) is 2. The minimum absolute atomic E-state index is 0. The number of carbonyl (C=O) groups excluding carboxylic acids is 2. The van der Waals surface area contributed by atoms with Gasteiger partial charge in [0, 0.05) is 28.5 Å². The molecule has 2 aliphatic rings. The normalized spacial score (nSPS) is 22.0. The molecular formula is C18H26CuN4O4. The van der Waals surface area contributed by atoms with Crippen molar-refractivity contribution in [2.24, 2.45) is 9.98 Å². The molecule has 0 aliphatic carbocycles. The average molecular weight is 426 g/mol. The van der Waals surface area contributed by atoms with E-state index in [2.05, 4.69) is 20.6 Å². The van der Waals surface area contributed by atoms with Crippen LogP contribution in [-0.4, -0.2) is 57.6 Å². The third kappa shape index (κ3) is 4.42. The Labute approximate surface area is 169 Å². The second kappa shape index (κ2) is 7.86. The molecule has 0 saturated carbocycles. The van der Waals surface area contributed by atoms with Crippen LogP contribution < -0.4 is 10.6 Å². The summed E-state index contributed by atoms with van der Waals surface area (Å²) in [7, 11) is 0. The molecule has 2 heterocycles. The maximum atomic E-state index is 12.0. The van der Waals surface area contributed by atoms with Gasteiger partial charge in [0.25, 0.3) is 11.8 Å². The van der Waals surface area contributed by atoms with Crippen molar-refractivity contribution < 1.29 is 36.9 Å². The Hall–Kier alpha value is -2.12. The van der Waals surface area contributed by atoms with Crippen LogP contribution in [0.3, 0.4) is 0 Å². The summed E-state index contributed by atoms with van der Waals surface area (Å²) in [5.74, 6) is -0.756. The molecule has 27 heavy (non-hydrogen) atoms. The smallest absolute Gasteiger partial charge is 0.257 e.